The summed E-state index contributed by atoms with van der Waals surface area (Å²) in [7, 11) is 0. The third kappa shape index (κ3) is 25.5. The first kappa shape index (κ1) is 26.5. The largest absolute Gasteiger partial charge is 0.0882 e. The van der Waals surface area contributed by atoms with Gasteiger partial charge >= 0.3 is 0 Å². The molecule has 0 rings (SSSR count). The van der Waals surface area contributed by atoms with E-state index in [1.165, 1.54) is 116 Å². The van der Waals surface area contributed by atoms with Crippen LogP contribution in [-0.2, 0) is 0 Å². The molecular formula is C27H52. The van der Waals surface area contributed by atoms with Crippen molar-refractivity contribution < 1.29 is 0 Å². The molecule has 0 aromatic carbocycles. The van der Waals surface area contributed by atoms with Gasteiger partial charge in [-0.15, -0.1) is 0 Å². The first-order valence-corrected chi connectivity index (χ1v) is 12.6. The van der Waals surface area contributed by atoms with Crippen molar-refractivity contribution in [3.05, 3.63) is 24.3 Å². The maximum absolute atomic E-state index is 2.39. The van der Waals surface area contributed by atoms with E-state index in [0.717, 1.165) is 12.3 Å². The second-order valence-corrected chi connectivity index (χ2v) is 8.89. The van der Waals surface area contributed by atoms with Crippen LogP contribution in [-0.4, -0.2) is 0 Å². The van der Waals surface area contributed by atoms with Crippen molar-refractivity contribution in [2.75, 3.05) is 0 Å². The second-order valence-electron chi connectivity index (χ2n) is 8.89. The Bertz CT molecular complexity index is 310. The molecule has 0 bridgehead atoms. The Balaban J connectivity index is 3.11. The topological polar surface area (TPSA) is 0 Å². The molecule has 160 valence electrons. The lowest BCUT2D eigenvalue weighted by atomic mass is 10.0. The van der Waals surface area contributed by atoms with Crippen LogP contribution >= 0.6 is 0 Å². The molecule has 0 aliphatic rings. The summed E-state index contributed by atoms with van der Waals surface area (Å²) in [5, 5.41) is 0. The summed E-state index contributed by atoms with van der Waals surface area (Å²) in [5.74, 6) is 0.892. The summed E-state index contributed by atoms with van der Waals surface area (Å²) in [4.78, 5) is 0. The minimum absolute atomic E-state index is 0.892. The molecule has 0 saturated carbocycles. The molecule has 0 aliphatic carbocycles. The van der Waals surface area contributed by atoms with Gasteiger partial charge in [0.25, 0.3) is 0 Å². The average molecular weight is 377 g/mol. The SMILES string of the molecule is CCCCCC=CCC=CCCCCCCCCCCCCCCC(C)C. The minimum Gasteiger partial charge on any atom is -0.0882 e. The van der Waals surface area contributed by atoms with E-state index in [-0.39, 0.29) is 0 Å². The fraction of sp³-hybridized carbons (Fsp3) is 0.852. The van der Waals surface area contributed by atoms with Crippen molar-refractivity contribution in [1.82, 2.24) is 0 Å². The van der Waals surface area contributed by atoms with Crippen LogP contribution in [0.4, 0.5) is 0 Å². The maximum Gasteiger partial charge on any atom is -0.0169 e. The summed E-state index contributed by atoms with van der Waals surface area (Å²) in [6.45, 7) is 6.95. The highest BCUT2D eigenvalue weighted by atomic mass is 14.0. The van der Waals surface area contributed by atoms with E-state index in [0.29, 0.717) is 0 Å². The predicted molar refractivity (Wildman–Crippen MR) is 127 cm³/mol. The number of unbranched alkanes of at least 4 members (excludes halogenated alkanes) is 15. The van der Waals surface area contributed by atoms with Crippen molar-refractivity contribution in [2.45, 2.75) is 143 Å². The van der Waals surface area contributed by atoms with Crippen LogP contribution in [0.15, 0.2) is 24.3 Å². The zero-order valence-corrected chi connectivity index (χ0v) is 19.3. The molecule has 0 nitrogen and oxygen atoms in total. The molecule has 0 fully saturated rings. The van der Waals surface area contributed by atoms with E-state index in [9.17, 15) is 0 Å². The summed E-state index contributed by atoms with van der Waals surface area (Å²) >= 11 is 0. The lowest BCUT2D eigenvalue weighted by Gasteiger charge is -2.04. The van der Waals surface area contributed by atoms with Gasteiger partial charge in [-0.3, -0.25) is 0 Å². The number of hydrogen-bond acceptors (Lipinski definition) is 0. The lowest BCUT2D eigenvalue weighted by Crippen LogP contribution is -1.87. The molecule has 0 aromatic rings. The molecular weight excluding hydrogens is 324 g/mol. The van der Waals surface area contributed by atoms with Gasteiger partial charge in [0.05, 0.1) is 0 Å². The number of rotatable bonds is 21. The predicted octanol–water partition coefficient (Wildman–Crippen LogP) is 10.2. The van der Waals surface area contributed by atoms with Crippen LogP contribution < -0.4 is 0 Å². The van der Waals surface area contributed by atoms with Gasteiger partial charge in [-0.1, -0.05) is 135 Å². The molecule has 27 heavy (non-hydrogen) atoms. The molecule has 0 unspecified atom stereocenters. The van der Waals surface area contributed by atoms with Gasteiger partial charge in [-0.05, 0) is 38.0 Å². The fourth-order valence-corrected chi connectivity index (χ4v) is 3.60. The normalized spacial score (nSPS) is 12.1. The molecule has 0 amide bonds. The van der Waals surface area contributed by atoms with Crippen LogP contribution in [0, 0.1) is 5.92 Å². The molecule has 0 N–H and O–H groups in total. The third-order valence-electron chi connectivity index (χ3n) is 5.48. The van der Waals surface area contributed by atoms with Gasteiger partial charge in [-0.2, -0.15) is 0 Å². The third-order valence-corrected chi connectivity index (χ3v) is 5.48. The van der Waals surface area contributed by atoms with E-state index in [4.69, 9.17) is 0 Å². The van der Waals surface area contributed by atoms with E-state index >= 15 is 0 Å². The Morgan fingerprint density at radius 2 is 0.889 bits per heavy atom. The van der Waals surface area contributed by atoms with Crippen molar-refractivity contribution in [1.29, 1.82) is 0 Å². The van der Waals surface area contributed by atoms with E-state index in [1.54, 1.807) is 0 Å². The van der Waals surface area contributed by atoms with E-state index in [2.05, 4.69) is 45.1 Å². The first-order valence-electron chi connectivity index (χ1n) is 12.6. The van der Waals surface area contributed by atoms with E-state index in [1.807, 2.05) is 0 Å². The molecule has 0 aromatic heterocycles. The summed E-state index contributed by atoms with van der Waals surface area (Å²) in [6.07, 6.45) is 36.0. The zero-order valence-electron chi connectivity index (χ0n) is 19.3. The summed E-state index contributed by atoms with van der Waals surface area (Å²) in [5.41, 5.74) is 0. The van der Waals surface area contributed by atoms with Crippen LogP contribution in [0.1, 0.15) is 143 Å². The van der Waals surface area contributed by atoms with Crippen molar-refractivity contribution in [2.24, 2.45) is 5.92 Å². The molecule has 0 heteroatoms. The zero-order chi connectivity index (χ0) is 19.8. The van der Waals surface area contributed by atoms with Gasteiger partial charge in [0.15, 0.2) is 0 Å². The highest BCUT2D eigenvalue weighted by Crippen LogP contribution is 2.14. The Morgan fingerprint density at radius 3 is 1.33 bits per heavy atom. The van der Waals surface area contributed by atoms with Gasteiger partial charge in [0.1, 0.15) is 0 Å². The van der Waals surface area contributed by atoms with Gasteiger partial charge in [-0.25, -0.2) is 0 Å². The molecule has 0 radical (unpaired) electrons. The standard InChI is InChI=1S/C27H52/c1-4-5-6-7-8-9-10-11-12-13-14-15-16-17-18-19-20-21-22-23-24-25-26-27(2)3/h8-9,11-12,27H,4-7,10,13-26H2,1-3H3. The quantitative estimate of drug-likeness (QED) is 0.138. The monoisotopic (exact) mass is 376 g/mol. The van der Waals surface area contributed by atoms with Gasteiger partial charge in [0, 0.05) is 0 Å². The van der Waals surface area contributed by atoms with Crippen LogP contribution in [0.3, 0.4) is 0 Å². The molecule has 0 atom stereocenters. The van der Waals surface area contributed by atoms with Crippen molar-refractivity contribution in [3.63, 3.8) is 0 Å². The Kier molecular flexibility index (Phi) is 23.1. The molecule has 0 spiro atoms. The lowest BCUT2D eigenvalue weighted by molar-refractivity contribution is 0.503. The number of allylic oxidation sites excluding steroid dienone is 4. The smallest absolute Gasteiger partial charge is 0.0169 e. The maximum atomic E-state index is 2.39. The Hall–Kier alpha value is -0.520. The highest BCUT2D eigenvalue weighted by molar-refractivity contribution is 4.92. The van der Waals surface area contributed by atoms with Crippen LogP contribution in [0.5, 0.6) is 0 Å². The minimum atomic E-state index is 0.892. The van der Waals surface area contributed by atoms with Crippen molar-refractivity contribution in [3.8, 4) is 0 Å². The second kappa shape index (κ2) is 23.5. The van der Waals surface area contributed by atoms with Gasteiger partial charge < -0.3 is 0 Å². The average Bonchev–Trinajstić information content (AvgIpc) is 2.65. The summed E-state index contributed by atoms with van der Waals surface area (Å²) in [6, 6.07) is 0. The molecule has 0 aliphatic heterocycles. The van der Waals surface area contributed by atoms with Gasteiger partial charge in [0.2, 0.25) is 0 Å². The fourth-order valence-electron chi connectivity index (χ4n) is 3.60. The first-order chi connectivity index (χ1) is 13.3. The molecule has 0 saturated heterocycles. The van der Waals surface area contributed by atoms with Crippen LogP contribution in [0.25, 0.3) is 0 Å². The van der Waals surface area contributed by atoms with Crippen LogP contribution in [0.2, 0.25) is 0 Å². The van der Waals surface area contributed by atoms with E-state index < -0.39 is 0 Å². The highest BCUT2D eigenvalue weighted by Gasteiger charge is 1.95. The van der Waals surface area contributed by atoms with Crippen molar-refractivity contribution >= 4 is 0 Å². The molecule has 0 heterocycles. The number of hydrogen-bond donors (Lipinski definition) is 0. The summed E-state index contributed by atoms with van der Waals surface area (Å²) < 4.78 is 0. The Labute approximate surface area is 173 Å². The Morgan fingerprint density at radius 1 is 0.481 bits per heavy atom.